The zero-order valence-corrected chi connectivity index (χ0v) is 25.0. The van der Waals surface area contributed by atoms with E-state index in [1.165, 1.54) is 15.5 Å². The predicted octanol–water partition coefficient (Wildman–Crippen LogP) is 5.64. The average molecular weight is 655 g/mol. The molecule has 3 unspecified atom stereocenters. The minimum absolute atomic E-state index is 0.0522. The summed E-state index contributed by atoms with van der Waals surface area (Å²) in [5, 5.41) is 2.88. The first-order chi connectivity index (χ1) is 20.2. The molecule has 43 heavy (non-hydrogen) atoms. The van der Waals surface area contributed by atoms with Crippen LogP contribution < -0.4 is 5.32 Å². The number of likely N-dealkylation sites (tertiary alicyclic amines) is 1. The third-order valence-electron chi connectivity index (χ3n) is 8.33. The summed E-state index contributed by atoms with van der Waals surface area (Å²) in [5.74, 6) is -1.91. The van der Waals surface area contributed by atoms with E-state index >= 15 is 0 Å². The normalized spacial score (nSPS) is 21.1. The minimum atomic E-state index is -5.11. The van der Waals surface area contributed by atoms with Crippen LogP contribution in [0.3, 0.4) is 0 Å². The van der Waals surface area contributed by atoms with E-state index in [-0.39, 0.29) is 34.8 Å². The number of piperidine rings is 1. The first kappa shape index (κ1) is 29.0. The number of amides is 2. The number of ketones is 1. The molecule has 1 aliphatic heterocycles. The summed E-state index contributed by atoms with van der Waals surface area (Å²) in [4.78, 5) is 53.8. The highest BCUT2D eigenvalue weighted by molar-refractivity contribution is 9.10. The van der Waals surface area contributed by atoms with Gasteiger partial charge in [-0.15, -0.1) is 0 Å². The molecule has 3 aromatic heterocycles. The molecule has 4 aromatic rings. The second-order valence-corrected chi connectivity index (χ2v) is 12.2. The van der Waals surface area contributed by atoms with Crippen LogP contribution in [0.1, 0.15) is 41.5 Å². The Morgan fingerprint density at radius 2 is 1.79 bits per heavy atom. The molecule has 4 heterocycles. The molecule has 1 saturated heterocycles. The number of alkyl halides is 3. The van der Waals surface area contributed by atoms with Gasteiger partial charge in [0.1, 0.15) is 28.8 Å². The molecule has 2 aliphatic rings. The molecule has 1 aromatic carbocycles. The Morgan fingerprint density at radius 3 is 2.49 bits per heavy atom. The van der Waals surface area contributed by atoms with Gasteiger partial charge in [0.25, 0.3) is 5.78 Å². The fraction of sp³-hybridized carbons (Fsp3) is 0.333. The lowest BCUT2D eigenvalue weighted by Gasteiger charge is -2.27. The number of rotatable bonds is 6. The average Bonchev–Trinajstić information content (AvgIpc) is 3.32. The number of Topliss-reactive ketones (excluding diaryl/α,β-unsaturated/α-hetero) is 1. The van der Waals surface area contributed by atoms with Crippen molar-refractivity contribution < 1.29 is 27.6 Å². The zero-order valence-electron chi connectivity index (χ0n) is 23.4. The van der Waals surface area contributed by atoms with E-state index in [2.05, 4.69) is 36.2 Å². The number of hydrogen-bond donors (Lipinski definition) is 1. The van der Waals surface area contributed by atoms with Crippen molar-refractivity contribution in [1.29, 1.82) is 0 Å². The lowest BCUT2D eigenvalue weighted by molar-refractivity contribution is -0.138. The first-order valence-corrected chi connectivity index (χ1v) is 14.3. The number of hydrogen-bond acceptors (Lipinski definition) is 6. The lowest BCUT2D eigenvalue weighted by atomic mass is 10.0. The molecule has 2 fully saturated rings. The van der Waals surface area contributed by atoms with Crippen LogP contribution in [0.2, 0.25) is 0 Å². The van der Waals surface area contributed by atoms with Gasteiger partial charge in [-0.25, -0.2) is 15.0 Å². The van der Waals surface area contributed by atoms with E-state index in [4.69, 9.17) is 0 Å². The molecule has 0 radical (unpaired) electrons. The Balaban J connectivity index is 1.33. The Kier molecular flexibility index (Phi) is 6.90. The number of aromatic nitrogens is 4. The van der Waals surface area contributed by atoms with Gasteiger partial charge in [-0.05, 0) is 77.4 Å². The van der Waals surface area contributed by atoms with Gasteiger partial charge < -0.3 is 14.8 Å². The molecule has 13 heteroatoms. The van der Waals surface area contributed by atoms with Crippen molar-refractivity contribution >= 4 is 50.2 Å². The fourth-order valence-corrected chi connectivity index (χ4v) is 6.21. The van der Waals surface area contributed by atoms with E-state index in [9.17, 15) is 27.6 Å². The summed E-state index contributed by atoms with van der Waals surface area (Å²) in [5.41, 5.74) is 1.34. The van der Waals surface area contributed by atoms with Crippen molar-refractivity contribution in [3.8, 4) is 11.1 Å². The number of aryl methyl sites for hydroxylation is 2. The molecule has 6 rings (SSSR count). The largest absolute Gasteiger partial charge is 0.454 e. The second-order valence-electron chi connectivity index (χ2n) is 11.4. The fourth-order valence-electron chi connectivity index (χ4n) is 5.90. The number of nitrogens with one attached hydrogen (secondary N) is 1. The number of benzene rings is 1. The van der Waals surface area contributed by atoms with E-state index in [0.717, 1.165) is 18.2 Å². The molecule has 2 amide bonds. The first-order valence-electron chi connectivity index (χ1n) is 13.5. The number of nitrogens with zero attached hydrogens (tertiary/aromatic N) is 5. The van der Waals surface area contributed by atoms with Crippen LogP contribution >= 0.6 is 15.9 Å². The highest BCUT2D eigenvalue weighted by Crippen LogP contribution is 2.59. The summed E-state index contributed by atoms with van der Waals surface area (Å²) in [6.07, 6.45) is 0.229. The lowest BCUT2D eigenvalue weighted by Crippen LogP contribution is -2.46. The van der Waals surface area contributed by atoms with Crippen LogP contribution in [-0.4, -0.2) is 60.3 Å². The van der Waals surface area contributed by atoms with Crippen molar-refractivity contribution in [3.63, 3.8) is 0 Å². The van der Waals surface area contributed by atoms with Crippen molar-refractivity contribution in [3.05, 3.63) is 70.5 Å². The van der Waals surface area contributed by atoms with Crippen molar-refractivity contribution in [2.75, 3.05) is 5.32 Å². The molecule has 0 spiro atoms. The summed E-state index contributed by atoms with van der Waals surface area (Å²) in [6, 6.07) is 7.33. The third kappa shape index (κ3) is 5.30. The third-order valence-corrected chi connectivity index (χ3v) is 8.78. The second kappa shape index (κ2) is 10.2. The molecule has 1 saturated carbocycles. The van der Waals surface area contributed by atoms with Crippen LogP contribution in [0, 0.1) is 19.3 Å². The standard InChI is InChI=1S/C30H26BrF3N6O3/c1-15-4-7-24(31)37-27(15)38-28(43)22-9-29(3)10-23(29)40(22)25(41)14-39-13-20(26(42)30(32,33)34)19-8-17(5-6-21(19)39)18-11-35-16(2)36-12-18/h4-8,11-13,22-23H,9-10,14H2,1-3H3,(H,37,38,43). The van der Waals surface area contributed by atoms with Gasteiger partial charge in [0.05, 0.1) is 5.56 Å². The van der Waals surface area contributed by atoms with Crippen LogP contribution in [-0.2, 0) is 16.1 Å². The van der Waals surface area contributed by atoms with E-state index < -0.39 is 29.5 Å². The van der Waals surface area contributed by atoms with Gasteiger partial charge in [-0.3, -0.25) is 14.4 Å². The monoisotopic (exact) mass is 654 g/mol. The van der Waals surface area contributed by atoms with Gasteiger partial charge in [0.2, 0.25) is 11.8 Å². The maximum Gasteiger partial charge on any atom is 0.454 e. The highest BCUT2D eigenvalue weighted by Gasteiger charge is 2.64. The Labute approximate surface area is 252 Å². The quantitative estimate of drug-likeness (QED) is 0.213. The molecule has 0 bridgehead atoms. The zero-order chi connectivity index (χ0) is 30.8. The molecule has 1 aliphatic carbocycles. The van der Waals surface area contributed by atoms with Crippen LogP contribution in [0.4, 0.5) is 19.0 Å². The number of fused-ring (bicyclic) bond motifs is 2. The van der Waals surface area contributed by atoms with E-state index in [1.54, 1.807) is 50.5 Å². The number of anilines is 1. The van der Waals surface area contributed by atoms with Gasteiger partial charge in [-0.1, -0.05) is 19.1 Å². The van der Waals surface area contributed by atoms with Gasteiger partial charge in [0, 0.05) is 41.1 Å². The van der Waals surface area contributed by atoms with Crippen LogP contribution in [0.25, 0.3) is 22.0 Å². The van der Waals surface area contributed by atoms with Gasteiger partial charge in [0.15, 0.2) is 0 Å². The Morgan fingerprint density at radius 1 is 1.07 bits per heavy atom. The number of pyridine rings is 1. The van der Waals surface area contributed by atoms with Crippen LogP contribution in [0.15, 0.2) is 53.5 Å². The van der Waals surface area contributed by atoms with E-state index in [0.29, 0.717) is 33.8 Å². The summed E-state index contributed by atoms with van der Waals surface area (Å²) in [6.45, 7) is 5.18. The highest BCUT2D eigenvalue weighted by atomic mass is 79.9. The summed E-state index contributed by atoms with van der Waals surface area (Å²) in [7, 11) is 0. The summed E-state index contributed by atoms with van der Waals surface area (Å²) < 4.78 is 42.7. The van der Waals surface area contributed by atoms with Crippen molar-refractivity contribution in [2.45, 2.75) is 58.4 Å². The molecular weight excluding hydrogens is 629 g/mol. The Hall–Kier alpha value is -4.13. The maximum atomic E-state index is 13.8. The molecule has 9 nitrogen and oxygen atoms in total. The van der Waals surface area contributed by atoms with Gasteiger partial charge >= 0.3 is 6.18 Å². The molecule has 222 valence electrons. The smallest absolute Gasteiger partial charge is 0.337 e. The van der Waals surface area contributed by atoms with Crippen molar-refractivity contribution in [1.82, 2.24) is 24.4 Å². The van der Waals surface area contributed by atoms with E-state index in [1.807, 2.05) is 6.92 Å². The Bertz CT molecular complexity index is 1810. The number of halogens is 4. The van der Waals surface area contributed by atoms with Gasteiger partial charge in [-0.2, -0.15) is 13.2 Å². The molecule has 3 atom stereocenters. The molecule has 1 N–H and O–H groups in total. The summed E-state index contributed by atoms with van der Waals surface area (Å²) >= 11 is 3.30. The SMILES string of the molecule is Cc1ncc(-c2ccc3c(c2)c(C(=O)C(F)(F)F)cn3CC(=O)N2C(C(=O)Nc3nc(Br)ccc3C)CC3(C)CC23)cn1. The number of carbonyl (C=O) groups excluding carboxylic acids is 3. The molecular formula is C30H26BrF3N6O3. The minimum Gasteiger partial charge on any atom is -0.337 e. The van der Waals surface area contributed by atoms with Crippen molar-refractivity contribution in [2.24, 2.45) is 5.41 Å². The topological polar surface area (TPSA) is 110 Å². The van der Waals surface area contributed by atoms with Crippen LogP contribution in [0.5, 0.6) is 0 Å². The maximum absolute atomic E-state index is 13.8. The predicted molar refractivity (Wildman–Crippen MR) is 155 cm³/mol. The number of carbonyl (C=O) groups is 3.